The Balaban J connectivity index is 1.82. The van der Waals surface area contributed by atoms with E-state index in [-0.39, 0.29) is 30.5 Å². The number of aromatic carboxylic acids is 1. The lowest BCUT2D eigenvalue weighted by molar-refractivity contribution is -0.384. The average Bonchev–Trinajstić information content (AvgIpc) is 2.87. The summed E-state index contributed by atoms with van der Waals surface area (Å²) in [6, 6.07) is 9.04. The van der Waals surface area contributed by atoms with Gasteiger partial charge in [0.05, 0.1) is 15.4 Å². The predicted octanol–water partition coefficient (Wildman–Crippen LogP) is 0.904. The number of amides is 1. The highest BCUT2D eigenvalue weighted by molar-refractivity contribution is 7.89. The van der Waals surface area contributed by atoms with Gasteiger partial charge >= 0.3 is 5.97 Å². The Morgan fingerprint density at radius 1 is 1.22 bits per heavy atom. The quantitative estimate of drug-likeness (QED) is 0.127. The number of likely N-dealkylation sites (tertiary alicyclic amines) is 1. The van der Waals surface area contributed by atoms with Crippen molar-refractivity contribution in [3.63, 3.8) is 0 Å². The van der Waals surface area contributed by atoms with Gasteiger partial charge in [0.25, 0.3) is 5.69 Å². The van der Waals surface area contributed by atoms with E-state index < -0.39 is 43.3 Å². The number of carboxylic acids is 1. The molecular weight excluding hydrogens is 504 g/mol. The molecule has 1 amide bonds. The molecule has 2 atom stereocenters. The second-order valence-electron chi connectivity index (χ2n) is 8.69. The second kappa shape index (κ2) is 11.8. The van der Waals surface area contributed by atoms with E-state index in [9.17, 15) is 33.2 Å². The van der Waals surface area contributed by atoms with E-state index >= 15 is 0 Å². The minimum absolute atomic E-state index is 0.00836. The van der Waals surface area contributed by atoms with E-state index in [1.165, 1.54) is 36.4 Å². The molecule has 198 valence electrons. The number of piperidine rings is 1. The van der Waals surface area contributed by atoms with Gasteiger partial charge in [-0.05, 0) is 42.9 Å². The maximum atomic E-state index is 13.2. The van der Waals surface area contributed by atoms with Gasteiger partial charge in [-0.15, -0.1) is 0 Å². The summed E-state index contributed by atoms with van der Waals surface area (Å²) in [7, 11) is -4.44. The van der Waals surface area contributed by atoms with Crippen LogP contribution in [0.4, 0.5) is 5.69 Å². The molecule has 0 spiro atoms. The Kier molecular flexibility index (Phi) is 8.78. The van der Waals surface area contributed by atoms with E-state index in [0.29, 0.717) is 18.7 Å². The molecule has 0 aliphatic carbocycles. The summed E-state index contributed by atoms with van der Waals surface area (Å²) in [5.74, 6) is -2.15. The molecule has 37 heavy (non-hydrogen) atoms. The van der Waals surface area contributed by atoms with Gasteiger partial charge < -0.3 is 21.1 Å². The number of carboxylic acid groups (broad SMARTS) is 1. The Hall–Kier alpha value is -4.04. The molecule has 6 N–H and O–H groups in total. The van der Waals surface area contributed by atoms with Crippen LogP contribution in [0.5, 0.6) is 0 Å². The molecule has 2 aromatic carbocycles. The first-order chi connectivity index (χ1) is 17.5. The lowest BCUT2D eigenvalue weighted by Crippen LogP contribution is -2.51. The molecule has 13 nitrogen and oxygen atoms in total. The zero-order valence-corrected chi connectivity index (χ0v) is 20.6. The number of sulfonamides is 1. The molecule has 1 aliphatic rings. The molecule has 0 aromatic heterocycles. The van der Waals surface area contributed by atoms with Crippen LogP contribution < -0.4 is 15.8 Å². The van der Waals surface area contributed by atoms with E-state index in [0.717, 1.165) is 25.0 Å². The summed E-state index contributed by atoms with van der Waals surface area (Å²) in [6.45, 7) is 1.33. The third kappa shape index (κ3) is 7.24. The van der Waals surface area contributed by atoms with Crippen molar-refractivity contribution in [3.8, 4) is 0 Å². The summed E-state index contributed by atoms with van der Waals surface area (Å²) in [4.78, 5) is 36.3. The highest BCUT2D eigenvalue weighted by Gasteiger charge is 2.30. The van der Waals surface area contributed by atoms with Crippen molar-refractivity contribution in [2.24, 2.45) is 11.7 Å². The summed E-state index contributed by atoms with van der Waals surface area (Å²) < 4.78 is 28.6. The van der Waals surface area contributed by atoms with Crippen LogP contribution >= 0.6 is 0 Å². The maximum Gasteiger partial charge on any atom is 0.337 e. The summed E-state index contributed by atoms with van der Waals surface area (Å²) >= 11 is 0. The lowest BCUT2D eigenvalue weighted by Gasteiger charge is -2.33. The SMILES string of the molecule is N=C(N)N1CCC[C@H](CNC(=O)C(Cc2ccc([N+](=O)[O-])cc2)NS(=O)(=O)c2ccccc2C(=O)O)C1. The number of carbonyl (C=O) groups excluding carboxylic acids is 1. The number of benzene rings is 2. The maximum absolute atomic E-state index is 13.2. The fraction of sp³-hybridized carbons (Fsp3) is 0.348. The number of nitrogens with zero attached hydrogens (tertiary/aromatic N) is 2. The van der Waals surface area contributed by atoms with Crippen molar-refractivity contribution in [1.82, 2.24) is 14.9 Å². The van der Waals surface area contributed by atoms with Crippen LogP contribution in [0.3, 0.4) is 0 Å². The number of hydrogen-bond acceptors (Lipinski definition) is 7. The van der Waals surface area contributed by atoms with Crippen LogP contribution in [0.2, 0.25) is 0 Å². The third-order valence-corrected chi connectivity index (χ3v) is 7.56. The molecule has 1 aliphatic heterocycles. The zero-order chi connectivity index (χ0) is 27.2. The van der Waals surface area contributed by atoms with Crippen molar-refractivity contribution in [2.45, 2.75) is 30.2 Å². The van der Waals surface area contributed by atoms with Crippen molar-refractivity contribution in [3.05, 3.63) is 69.8 Å². The Morgan fingerprint density at radius 2 is 1.89 bits per heavy atom. The topological polar surface area (TPSA) is 209 Å². The minimum Gasteiger partial charge on any atom is -0.478 e. The van der Waals surface area contributed by atoms with Crippen LogP contribution in [-0.2, 0) is 21.2 Å². The van der Waals surface area contributed by atoms with Gasteiger partial charge in [-0.25, -0.2) is 13.2 Å². The number of rotatable bonds is 10. The van der Waals surface area contributed by atoms with E-state index in [1.54, 1.807) is 4.90 Å². The number of nitrogens with two attached hydrogens (primary N) is 1. The molecule has 1 heterocycles. The Bertz CT molecular complexity index is 1280. The Labute approximate surface area is 213 Å². The monoisotopic (exact) mass is 532 g/mol. The fourth-order valence-electron chi connectivity index (χ4n) is 4.12. The van der Waals surface area contributed by atoms with Gasteiger partial charge in [0.2, 0.25) is 15.9 Å². The molecular formula is C23H28N6O7S. The van der Waals surface area contributed by atoms with Gasteiger partial charge in [-0.2, -0.15) is 4.72 Å². The normalized spacial score (nSPS) is 16.5. The molecule has 1 unspecified atom stereocenters. The second-order valence-corrected chi connectivity index (χ2v) is 10.4. The van der Waals surface area contributed by atoms with Crippen molar-refractivity contribution >= 4 is 33.5 Å². The number of guanidine groups is 1. The first-order valence-corrected chi connectivity index (χ1v) is 12.9. The molecule has 3 rings (SSSR count). The molecule has 0 bridgehead atoms. The van der Waals surface area contributed by atoms with Gasteiger partial charge in [0.15, 0.2) is 5.96 Å². The first kappa shape index (κ1) is 27.5. The number of non-ortho nitro benzene ring substituents is 1. The molecule has 14 heteroatoms. The van der Waals surface area contributed by atoms with Gasteiger partial charge in [-0.3, -0.25) is 20.3 Å². The standard InChI is InChI=1S/C23H28N6O7S/c24-23(25)28-11-3-4-16(14-28)13-26-21(30)19(12-15-7-9-17(10-8-15)29(33)34)27-37(35,36)20-6-2-1-5-18(20)22(31)32/h1-2,5-10,16,19,27H,3-4,11-14H2,(H3,24,25)(H,26,30)(H,31,32)/t16-,19?/m1/s1. The van der Waals surface area contributed by atoms with Crippen molar-refractivity contribution in [1.29, 1.82) is 5.41 Å². The Morgan fingerprint density at radius 3 is 2.51 bits per heavy atom. The summed E-state index contributed by atoms with van der Waals surface area (Å²) in [6.07, 6.45) is 1.43. The van der Waals surface area contributed by atoms with Crippen LogP contribution in [0.25, 0.3) is 0 Å². The molecule has 1 fully saturated rings. The summed E-state index contributed by atoms with van der Waals surface area (Å²) in [5.41, 5.74) is 5.42. The van der Waals surface area contributed by atoms with E-state index in [4.69, 9.17) is 11.1 Å². The minimum atomic E-state index is -4.44. The highest BCUT2D eigenvalue weighted by Crippen LogP contribution is 2.19. The lowest BCUT2D eigenvalue weighted by atomic mass is 9.98. The van der Waals surface area contributed by atoms with Crippen LogP contribution in [-0.4, -0.2) is 66.9 Å². The zero-order valence-electron chi connectivity index (χ0n) is 19.8. The smallest absolute Gasteiger partial charge is 0.337 e. The number of hydrogen-bond donors (Lipinski definition) is 5. The van der Waals surface area contributed by atoms with Crippen LogP contribution in [0.1, 0.15) is 28.8 Å². The molecule has 0 radical (unpaired) electrons. The first-order valence-electron chi connectivity index (χ1n) is 11.4. The van der Waals surface area contributed by atoms with Gasteiger partial charge in [-0.1, -0.05) is 24.3 Å². The van der Waals surface area contributed by atoms with Crippen LogP contribution in [0, 0.1) is 21.4 Å². The van der Waals surface area contributed by atoms with E-state index in [1.807, 2.05) is 0 Å². The van der Waals surface area contributed by atoms with Gasteiger partial charge in [0, 0.05) is 31.8 Å². The molecule has 1 saturated heterocycles. The average molecular weight is 533 g/mol. The van der Waals surface area contributed by atoms with E-state index in [2.05, 4.69) is 10.0 Å². The number of nitro benzene ring substituents is 1. The van der Waals surface area contributed by atoms with Crippen molar-refractivity contribution < 1.29 is 28.0 Å². The fourth-order valence-corrected chi connectivity index (χ4v) is 5.52. The highest BCUT2D eigenvalue weighted by atomic mass is 32.2. The third-order valence-electron chi connectivity index (χ3n) is 6.03. The summed E-state index contributed by atoms with van der Waals surface area (Å²) in [5, 5.41) is 30.7. The van der Waals surface area contributed by atoms with Crippen LogP contribution in [0.15, 0.2) is 53.4 Å². The molecule has 0 saturated carbocycles. The number of nitro groups is 1. The predicted molar refractivity (Wildman–Crippen MR) is 134 cm³/mol. The van der Waals surface area contributed by atoms with Crippen molar-refractivity contribution in [2.75, 3.05) is 19.6 Å². The number of carbonyl (C=O) groups is 2. The molecule has 2 aromatic rings. The number of nitrogens with one attached hydrogen (secondary N) is 3. The van der Waals surface area contributed by atoms with Gasteiger partial charge in [0.1, 0.15) is 6.04 Å². The largest absolute Gasteiger partial charge is 0.478 e.